The molecule has 0 unspecified atom stereocenters. The number of aromatic carboxylic acids is 1. The molecule has 1 amide bonds. The van der Waals surface area contributed by atoms with Gasteiger partial charge in [0, 0.05) is 17.8 Å². The van der Waals surface area contributed by atoms with Gasteiger partial charge in [-0.3, -0.25) is 4.79 Å². The Morgan fingerprint density at radius 3 is 2.92 bits per heavy atom. The number of carbonyl (C=O) groups excluding carboxylic acids is 1. The van der Waals surface area contributed by atoms with Gasteiger partial charge in [-0.15, -0.1) is 0 Å². The van der Waals surface area contributed by atoms with Crippen molar-refractivity contribution in [3.05, 3.63) is 65.6 Å². The molecule has 0 aliphatic rings. The molecule has 1 aromatic carbocycles. The van der Waals surface area contributed by atoms with E-state index in [9.17, 15) is 14.0 Å². The normalized spacial score (nSPS) is 11.1. The van der Waals surface area contributed by atoms with Crippen LogP contribution in [0.1, 0.15) is 26.5 Å². The van der Waals surface area contributed by atoms with Crippen molar-refractivity contribution in [2.75, 3.05) is 0 Å². The predicted octanol–water partition coefficient (Wildman–Crippen LogP) is 2.24. The second-order valence-electron chi connectivity index (χ2n) is 5.52. The van der Waals surface area contributed by atoms with Crippen LogP contribution in [0.25, 0.3) is 16.6 Å². The highest BCUT2D eigenvalue weighted by molar-refractivity contribution is 6.01. The molecule has 0 radical (unpaired) electrons. The Hall–Kier alpha value is -3.75. The number of carbonyl (C=O) groups is 2. The van der Waals surface area contributed by atoms with Crippen LogP contribution in [0.2, 0.25) is 0 Å². The number of carboxylic acid groups (broad SMARTS) is 1. The number of rotatable bonds is 4. The minimum absolute atomic E-state index is 0.00162. The maximum Gasteiger partial charge on any atom is 0.339 e. The van der Waals surface area contributed by atoms with Crippen LogP contribution >= 0.6 is 0 Å². The van der Waals surface area contributed by atoms with Crippen molar-refractivity contribution in [2.24, 2.45) is 0 Å². The SMILES string of the molecule is O=C(O)c1cc(F)cc2cc(CNC(=O)c3cnn4cccnc34)oc12. The number of aromatic nitrogens is 3. The van der Waals surface area contributed by atoms with Gasteiger partial charge in [0.1, 0.15) is 28.3 Å². The van der Waals surface area contributed by atoms with E-state index in [2.05, 4.69) is 15.4 Å². The van der Waals surface area contributed by atoms with Gasteiger partial charge in [-0.1, -0.05) is 0 Å². The van der Waals surface area contributed by atoms with Crippen LogP contribution < -0.4 is 5.32 Å². The first-order valence-electron chi connectivity index (χ1n) is 7.55. The Bertz CT molecular complexity index is 1160. The third-order valence-corrected chi connectivity index (χ3v) is 3.81. The van der Waals surface area contributed by atoms with Gasteiger partial charge >= 0.3 is 5.97 Å². The molecule has 8 nitrogen and oxygen atoms in total. The van der Waals surface area contributed by atoms with Crippen LogP contribution in [-0.4, -0.2) is 31.6 Å². The second kappa shape index (κ2) is 5.96. The highest BCUT2D eigenvalue weighted by Gasteiger charge is 2.17. The monoisotopic (exact) mass is 354 g/mol. The van der Waals surface area contributed by atoms with E-state index in [0.29, 0.717) is 22.4 Å². The van der Waals surface area contributed by atoms with Crippen molar-refractivity contribution in [3.8, 4) is 0 Å². The van der Waals surface area contributed by atoms with Gasteiger partial charge in [-0.05, 0) is 24.3 Å². The van der Waals surface area contributed by atoms with Gasteiger partial charge in [0.2, 0.25) is 0 Å². The van der Waals surface area contributed by atoms with Crippen LogP contribution in [0.5, 0.6) is 0 Å². The Balaban J connectivity index is 1.59. The molecular weight excluding hydrogens is 343 g/mol. The van der Waals surface area contributed by atoms with E-state index >= 15 is 0 Å². The maximum absolute atomic E-state index is 13.5. The number of halogens is 1. The Morgan fingerprint density at radius 1 is 1.27 bits per heavy atom. The summed E-state index contributed by atoms with van der Waals surface area (Å²) in [5.41, 5.74) is 0.481. The lowest BCUT2D eigenvalue weighted by molar-refractivity contribution is 0.0696. The highest BCUT2D eigenvalue weighted by atomic mass is 19.1. The lowest BCUT2D eigenvalue weighted by Crippen LogP contribution is -2.22. The molecular formula is C17H11FN4O4. The van der Waals surface area contributed by atoms with Crippen LogP contribution in [0.3, 0.4) is 0 Å². The number of nitrogens with one attached hydrogen (secondary N) is 1. The van der Waals surface area contributed by atoms with Gasteiger partial charge in [0.25, 0.3) is 5.91 Å². The fraction of sp³-hybridized carbons (Fsp3) is 0.0588. The lowest BCUT2D eigenvalue weighted by Gasteiger charge is -2.01. The maximum atomic E-state index is 13.5. The van der Waals surface area contributed by atoms with Crippen molar-refractivity contribution in [2.45, 2.75) is 6.54 Å². The minimum atomic E-state index is -1.29. The van der Waals surface area contributed by atoms with E-state index in [1.165, 1.54) is 22.8 Å². The van der Waals surface area contributed by atoms with Crippen LogP contribution in [0.15, 0.2) is 47.3 Å². The van der Waals surface area contributed by atoms with E-state index in [4.69, 9.17) is 9.52 Å². The Kier molecular flexibility index (Phi) is 3.61. The predicted molar refractivity (Wildman–Crippen MR) is 87.3 cm³/mol. The molecule has 0 aliphatic carbocycles. The third kappa shape index (κ3) is 2.65. The zero-order chi connectivity index (χ0) is 18.3. The average molecular weight is 354 g/mol. The van der Waals surface area contributed by atoms with Crippen LogP contribution in [0, 0.1) is 5.82 Å². The molecule has 4 rings (SSSR count). The summed E-state index contributed by atoms with van der Waals surface area (Å²) >= 11 is 0. The molecule has 130 valence electrons. The number of hydrogen-bond donors (Lipinski definition) is 2. The molecule has 0 spiro atoms. The van der Waals surface area contributed by atoms with E-state index < -0.39 is 17.7 Å². The van der Waals surface area contributed by atoms with Gasteiger partial charge in [0.05, 0.1) is 12.7 Å². The molecule has 3 aromatic heterocycles. The summed E-state index contributed by atoms with van der Waals surface area (Å²) in [4.78, 5) is 27.6. The number of nitrogens with zero attached hydrogens (tertiary/aromatic N) is 3. The number of hydrogen-bond acceptors (Lipinski definition) is 5. The van der Waals surface area contributed by atoms with E-state index in [-0.39, 0.29) is 17.7 Å². The third-order valence-electron chi connectivity index (χ3n) is 3.81. The minimum Gasteiger partial charge on any atom is -0.478 e. The summed E-state index contributed by atoms with van der Waals surface area (Å²) in [7, 11) is 0. The first kappa shape index (κ1) is 15.8. The summed E-state index contributed by atoms with van der Waals surface area (Å²) in [5.74, 6) is -2.09. The van der Waals surface area contributed by atoms with Gasteiger partial charge < -0.3 is 14.8 Å². The zero-order valence-electron chi connectivity index (χ0n) is 13.1. The summed E-state index contributed by atoms with van der Waals surface area (Å²) < 4.78 is 20.5. The number of furan rings is 1. The van der Waals surface area contributed by atoms with Crippen molar-refractivity contribution < 1.29 is 23.5 Å². The van der Waals surface area contributed by atoms with Crippen LogP contribution in [-0.2, 0) is 6.54 Å². The van der Waals surface area contributed by atoms with Gasteiger partial charge in [0.15, 0.2) is 5.65 Å². The molecule has 26 heavy (non-hydrogen) atoms. The molecule has 0 saturated heterocycles. The summed E-state index contributed by atoms with van der Waals surface area (Å²) in [6.45, 7) is -0.00162. The largest absolute Gasteiger partial charge is 0.478 e. The summed E-state index contributed by atoms with van der Waals surface area (Å²) in [5, 5.41) is 16.1. The fourth-order valence-corrected chi connectivity index (χ4v) is 2.67. The smallest absolute Gasteiger partial charge is 0.339 e. The molecule has 9 heteroatoms. The van der Waals surface area contributed by atoms with Gasteiger partial charge in [-0.2, -0.15) is 5.10 Å². The highest BCUT2D eigenvalue weighted by Crippen LogP contribution is 2.25. The van der Waals surface area contributed by atoms with Crippen molar-refractivity contribution in [3.63, 3.8) is 0 Å². The van der Waals surface area contributed by atoms with E-state index in [1.807, 2.05) is 0 Å². The number of fused-ring (bicyclic) bond motifs is 2. The molecule has 0 fully saturated rings. The molecule has 0 bridgehead atoms. The Labute approximate surface area is 144 Å². The quantitative estimate of drug-likeness (QED) is 0.582. The number of benzene rings is 1. The molecule has 0 saturated carbocycles. The fourth-order valence-electron chi connectivity index (χ4n) is 2.67. The Morgan fingerprint density at radius 2 is 2.12 bits per heavy atom. The summed E-state index contributed by atoms with van der Waals surface area (Å²) in [6, 6.07) is 5.24. The van der Waals surface area contributed by atoms with E-state index in [0.717, 1.165) is 6.07 Å². The first-order valence-corrected chi connectivity index (χ1v) is 7.55. The van der Waals surface area contributed by atoms with Crippen molar-refractivity contribution >= 4 is 28.5 Å². The average Bonchev–Trinajstić information content (AvgIpc) is 3.22. The molecule has 0 aliphatic heterocycles. The van der Waals surface area contributed by atoms with E-state index in [1.54, 1.807) is 18.5 Å². The zero-order valence-corrected chi connectivity index (χ0v) is 13.1. The van der Waals surface area contributed by atoms with Crippen molar-refractivity contribution in [1.82, 2.24) is 19.9 Å². The lowest BCUT2D eigenvalue weighted by atomic mass is 10.1. The molecule has 0 atom stereocenters. The van der Waals surface area contributed by atoms with Crippen LogP contribution in [0.4, 0.5) is 4.39 Å². The molecule has 3 heterocycles. The summed E-state index contributed by atoms with van der Waals surface area (Å²) in [6.07, 6.45) is 4.61. The first-order chi connectivity index (χ1) is 12.5. The molecule has 2 N–H and O–H groups in total. The number of amides is 1. The van der Waals surface area contributed by atoms with Gasteiger partial charge in [-0.25, -0.2) is 18.7 Å². The van der Waals surface area contributed by atoms with Crippen molar-refractivity contribution in [1.29, 1.82) is 0 Å². The molecule has 4 aromatic rings. The topological polar surface area (TPSA) is 110 Å². The number of carboxylic acids is 1. The second-order valence-corrected chi connectivity index (χ2v) is 5.52. The standard InChI is InChI=1S/C17H11FN4O4/c18-10-4-9-5-11(26-14(9)12(6-10)17(24)25)7-20-16(23)13-8-21-22-3-1-2-19-15(13)22/h1-6,8H,7H2,(H,20,23)(H,24,25).